The van der Waals surface area contributed by atoms with E-state index in [4.69, 9.17) is 15.7 Å². The molecule has 1 fully saturated rings. The molecule has 156 valence electrons. The third-order valence-corrected chi connectivity index (χ3v) is 5.91. The summed E-state index contributed by atoms with van der Waals surface area (Å²) in [6, 6.07) is 23.6. The number of hydrogen-bond acceptors (Lipinski definition) is 4. The fraction of sp³-hybridized carbons (Fsp3) is 0.320. The lowest BCUT2D eigenvalue weighted by Crippen LogP contribution is -2.40. The Bertz CT molecular complexity index is 1000. The van der Waals surface area contributed by atoms with Gasteiger partial charge in [0.2, 0.25) is 0 Å². The molecule has 2 unspecified atom stereocenters. The molecule has 0 aliphatic carbocycles. The molecule has 4 N–H and O–H groups in total. The van der Waals surface area contributed by atoms with Gasteiger partial charge in [0.25, 0.3) is 0 Å². The molecule has 0 aromatic heterocycles. The van der Waals surface area contributed by atoms with Crippen LogP contribution in [0.25, 0.3) is 10.8 Å². The van der Waals surface area contributed by atoms with Crippen molar-refractivity contribution in [3.63, 3.8) is 0 Å². The molecular weight excluding hydrogens is 374 g/mol. The van der Waals surface area contributed by atoms with E-state index in [2.05, 4.69) is 77.2 Å². The summed E-state index contributed by atoms with van der Waals surface area (Å²) in [5.41, 5.74) is 9.28. The fourth-order valence-corrected chi connectivity index (χ4v) is 4.17. The van der Waals surface area contributed by atoms with Crippen molar-refractivity contribution < 1.29 is 9.94 Å². The van der Waals surface area contributed by atoms with Crippen molar-refractivity contribution >= 4 is 16.6 Å². The van der Waals surface area contributed by atoms with Crippen molar-refractivity contribution in [2.75, 3.05) is 13.1 Å². The minimum Gasteiger partial charge on any atom is -0.409 e. The predicted octanol–water partition coefficient (Wildman–Crippen LogP) is 4.18. The molecule has 1 heterocycles. The smallest absolute Gasteiger partial charge is 0.139 e. The summed E-state index contributed by atoms with van der Waals surface area (Å²) in [5.74, 6) is 0.643. The third-order valence-electron chi connectivity index (χ3n) is 5.91. The number of rotatable bonds is 7. The molecule has 2 atom stereocenters. The molecule has 1 saturated heterocycles. The number of benzene rings is 3. The van der Waals surface area contributed by atoms with Crippen molar-refractivity contribution in [1.29, 1.82) is 0 Å². The van der Waals surface area contributed by atoms with Gasteiger partial charge in [0, 0.05) is 18.9 Å². The maximum absolute atomic E-state index is 8.68. The first-order chi connectivity index (χ1) is 14.7. The van der Waals surface area contributed by atoms with E-state index in [0.29, 0.717) is 18.9 Å². The number of ether oxygens (including phenoxy) is 1. The Morgan fingerprint density at radius 2 is 1.80 bits per heavy atom. The molecule has 0 bridgehead atoms. The summed E-state index contributed by atoms with van der Waals surface area (Å²) in [5, 5.41) is 17.7. The maximum Gasteiger partial charge on any atom is 0.139 e. The first kappa shape index (κ1) is 20.4. The molecule has 5 nitrogen and oxygen atoms in total. The average molecular weight is 404 g/mol. The van der Waals surface area contributed by atoms with Crippen molar-refractivity contribution in [3.05, 3.63) is 83.4 Å². The highest BCUT2D eigenvalue weighted by atomic mass is 16.5. The van der Waals surface area contributed by atoms with Gasteiger partial charge in [-0.25, -0.2) is 0 Å². The average Bonchev–Trinajstić information content (AvgIpc) is 2.81. The zero-order valence-corrected chi connectivity index (χ0v) is 17.1. The highest BCUT2D eigenvalue weighted by molar-refractivity contribution is 5.83. The first-order valence-corrected chi connectivity index (χ1v) is 10.6. The monoisotopic (exact) mass is 403 g/mol. The summed E-state index contributed by atoms with van der Waals surface area (Å²) in [4.78, 5) is 0. The van der Waals surface area contributed by atoms with Crippen LogP contribution in [0.15, 0.2) is 71.9 Å². The Balaban J connectivity index is 1.40. The molecule has 3 aromatic carbocycles. The SMILES string of the molecule is NC(CCc1ccc(C2CCNCC2OCc2ccc3ccccc3c2)cc1)=NO. The van der Waals surface area contributed by atoms with Gasteiger partial charge in [0.15, 0.2) is 0 Å². The van der Waals surface area contributed by atoms with E-state index in [1.54, 1.807) is 0 Å². The van der Waals surface area contributed by atoms with Gasteiger partial charge in [-0.3, -0.25) is 0 Å². The molecule has 0 spiro atoms. The zero-order chi connectivity index (χ0) is 20.8. The number of aryl methyl sites for hydroxylation is 1. The van der Waals surface area contributed by atoms with E-state index >= 15 is 0 Å². The quantitative estimate of drug-likeness (QED) is 0.239. The van der Waals surface area contributed by atoms with Gasteiger partial charge in [-0.05, 0) is 52.9 Å². The highest BCUT2D eigenvalue weighted by Crippen LogP contribution is 2.29. The second-order valence-corrected chi connectivity index (χ2v) is 7.96. The van der Waals surface area contributed by atoms with Crippen molar-refractivity contribution in [3.8, 4) is 0 Å². The maximum atomic E-state index is 8.68. The predicted molar refractivity (Wildman–Crippen MR) is 121 cm³/mol. The topological polar surface area (TPSA) is 79.9 Å². The van der Waals surface area contributed by atoms with Gasteiger partial charge in [0.05, 0.1) is 12.7 Å². The van der Waals surface area contributed by atoms with Gasteiger partial charge in [-0.1, -0.05) is 65.8 Å². The standard InChI is InChI=1S/C25H29N3O2/c26-25(28-29)12-8-18-5-10-21(11-6-18)23-13-14-27-16-24(23)30-17-19-7-9-20-3-1-2-4-22(20)15-19/h1-7,9-11,15,23-24,27,29H,8,12-14,16-17H2,(H2,26,28). The molecule has 0 saturated carbocycles. The van der Waals surface area contributed by atoms with Crippen LogP contribution in [0, 0.1) is 0 Å². The number of nitrogens with two attached hydrogens (primary N) is 1. The second kappa shape index (κ2) is 9.74. The Morgan fingerprint density at radius 1 is 1.03 bits per heavy atom. The van der Waals surface area contributed by atoms with E-state index in [1.807, 2.05) is 0 Å². The number of hydrogen-bond donors (Lipinski definition) is 3. The van der Waals surface area contributed by atoms with Crippen LogP contribution in [0.4, 0.5) is 0 Å². The van der Waals surface area contributed by atoms with Gasteiger partial charge < -0.3 is 21.0 Å². The van der Waals surface area contributed by atoms with Gasteiger partial charge in [-0.2, -0.15) is 0 Å². The lowest BCUT2D eigenvalue weighted by atomic mass is 9.87. The molecular formula is C25H29N3O2. The van der Waals surface area contributed by atoms with Crippen LogP contribution in [-0.2, 0) is 17.8 Å². The first-order valence-electron chi connectivity index (χ1n) is 10.6. The Morgan fingerprint density at radius 3 is 2.60 bits per heavy atom. The number of amidine groups is 1. The van der Waals surface area contributed by atoms with Crippen LogP contribution >= 0.6 is 0 Å². The van der Waals surface area contributed by atoms with Crippen LogP contribution < -0.4 is 11.1 Å². The van der Waals surface area contributed by atoms with Crippen molar-refractivity contribution in [1.82, 2.24) is 5.32 Å². The van der Waals surface area contributed by atoms with Crippen molar-refractivity contribution in [2.24, 2.45) is 10.9 Å². The van der Waals surface area contributed by atoms with E-state index < -0.39 is 0 Å². The number of piperidine rings is 1. The largest absolute Gasteiger partial charge is 0.409 e. The minimum atomic E-state index is 0.147. The molecule has 0 radical (unpaired) electrons. The molecule has 4 rings (SSSR count). The van der Waals surface area contributed by atoms with Crippen molar-refractivity contribution in [2.45, 2.75) is 37.9 Å². The van der Waals surface area contributed by atoms with Gasteiger partial charge in [-0.15, -0.1) is 0 Å². The Labute approximate surface area is 177 Å². The van der Waals surface area contributed by atoms with E-state index in [9.17, 15) is 0 Å². The second-order valence-electron chi connectivity index (χ2n) is 7.96. The van der Waals surface area contributed by atoms with E-state index in [1.165, 1.54) is 27.5 Å². The lowest BCUT2D eigenvalue weighted by Gasteiger charge is -2.32. The van der Waals surface area contributed by atoms with Crippen LogP contribution in [0.5, 0.6) is 0 Å². The normalized spacial score (nSPS) is 19.8. The van der Waals surface area contributed by atoms with E-state index in [0.717, 1.165) is 25.9 Å². The van der Waals surface area contributed by atoms with Gasteiger partial charge in [0.1, 0.15) is 5.84 Å². The minimum absolute atomic E-state index is 0.147. The zero-order valence-electron chi connectivity index (χ0n) is 17.1. The van der Waals surface area contributed by atoms with Crippen LogP contribution in [0.3, 0.4) is 0 Å². The van der Waals surface area contributed by atoms with Crippen LogP contribution in [-0.4, -0.2) is 30.2 Å². The van der Waals surface area contributed by atoms with Crippen LogP contribution in [0.1, 0.15) is 35.4 Å². The molecule has 1 aliphatic rings. The summed E-state index contributed by atoms with van der Waals surface area (Å²) >= 11 is 0. The molecule has 3 aromatic rings. The number of fused-ring (bicyclic) bond motifs is 1. The highest BCUT2D eigenvalue weighted by Gasteiger charge is 2.27. The van der Waals surface area contributed by atoms with E-state index in [-0.39, 0.29) is 11.9 Å². The molecule has 5 heteroatoms. The summed E-state index contributed by atoms with van der Waals surface area (Å²) < 4.78 is 6.39. The number of nitrogens with zero attached hydrogens (tertiary/aromatic N) is 1. The lowest BCUT2D eigenvalue weighted by molar-refractivity contribution is 0.0106. The number of oxime groups is 1. The molecule has 30 heavy (non-hydrogen) atoms. The summed E-state index contributed by atoms with van der Waals surface area (Å²) in [7, 11) is 0. The Hall–Kier alpha value is -2.89. The van der Waals surface area contributed by atoms with Crippen LogP contribution in [0.2, 0.25) is 0 Å². The number of nitrogens with one attached hydrogen (secondary N) is 1. The Kier molecular flexibility index (Phi) is 6.62. The fourth-order valence-electron chi connectivity index (χ4n) is 4.17. The summed E-state index contributed by atoms with van der Waals surface area (Å²) in [6.45, 7) is 2.49. The molecule has 1 aliphatic heterocycles. The molecule has 0 amide bonds. The summed E-state index contributed by atoms with van der Waals surface area (Å²) in [6.07, 6.45) is 2.53. The van der Waals surface area contributed by atoms with Gasteiger partial charge >= 0.3 is 0 Å². The third kappa shape index (κ3) is 4.99.